The molecule has 0 N–H and O–H groups in total. The average Bonchev–Trinajstić information content (AvgIpc) is 3.72. The van der Waals surface area contributed by atoms with Crippen molar-refractivity contribution in [1.82, 2.24) is 19.0 Å². The summed E-state index contributed by atoms with van der Waals surface area (Å²) in [6.45, 7) is 3.67. The highest BCUT2D eigenvalue weighted by Gasteiger charge is 2.25. The van der Waals surface area contributed by atoms with Gasteiger partial charge in [0.1, 0.15) is 5.69 Å². The second kappa shape index (κ2) is 12.7. The van der Waals surface area contributed by atoms with Gasteiger partial charge in [0.25, 0.3) is 11.8 Å². The van der Waals surface area contributed by atoms with Gasteiger partial charge in [-0.3, -0.25) is 9.59 Å². The molecule has 3 heterocycles. The van der Waals surface area contributed by atoms with Gasteiger partial charge in [-0.25, -0.2) is 4.98 Å². The third kappa shape index (κ3) is 6.10. The van der Waals surface area contributed by atoms with Crippen LogP contribution in [0.25, 0.3) is 0 Å². The Labute approximate surface area is 256 Å². The summed E-state index contributed by atoms with van der Waals surface area (Å²) >= 11 is 0. The van der Waals surface area contributed by atoms with E-state index in [1.807, 2.05) is 106 Å². The molecular weight excluding hydrogens is 550 g/mol. The van der Waals surface area contributed by atoms with Crippen molar-refractivity contribution in [2.45, 2.75) is 13.1 Å². The van der Waals surface area contributed by atoms with Gasteiger partial charge in [-0.15, -0.1) is 0 Å². The van der Waals surface area contributed by atoms with E-state index in [1.165, 1.54) is 0 Å². The molecule has 1 saturated heterocycles. The standard InChI is InChI=1S/C35H33N7O2/c1-38-17-5-8-33(38)35(44)40-20-18-39(19-21-40)30-13-15-31(16-14-30)42(34(43)29-6-3-2-4-7-29)25-32-23-37-26-41(32)24-28-11-9-27(22-36)10-12-28/h2-17,23,26H,18-21,24-25H2,1H3. The van der Waals surface area contributed by atoms with E-state index in [2.05, 4.69) is 16.0 Å². The maximum absolute atomic E-state index is 13.8. The van der Waals surface area contributed by atoms with E-state index >= 15 is 0 Å². The molecule has 1 fully saturated rings. The lowest BCUT2D eigenvalue weighted by Crippen LogP contribution is -2.49. The first-order valence-corrected chi connectivity index (χ1v) is 14.6. The van der Waals surface area contributed by atoms with E-state index in [1.54, 1.807) is 29.6 Å². The summed E-state index contributed by atoms with van der Waals surface area (Å²) in [5, 5.41) is 9.12. The van der Waals surface area contributed by atoms with Gasteiger partial charge >= 0.3 is 0 Å². The smallest absolute Gasteiger partial charge is 0.270 e. The van der Waals surface area contributed by atoms with Crippen LogP contribution in [-0.4, -0.2) is 57.0 Å². The van der Waals surface area contributed by atoms with Crippen molar-refractivity contribution in [3.05, 3.63) is 138 Å². The van der Waals surface area contributed by atoms with Crippen LogP contribution in [0.5, 0.6) is 0 Å². The number of amides is 2. The minimum atomic E-state index is -0.0997. The van der Waals surface area contributed by atoms with E-state index in [0.29, 0.717) is 43.0 Å². The Morgan fingerprint density at radius 2 is 1.61 bits per heavy atom. The van der Waals surface area contributed by atoms with Crippen LogP contribution in [0.4, 0.5) is 11.4 Å². The number of imidazole rings is 1. The van der Waals surface area contributed by atoms with Crippen molar-refractivity contribution in [3.8, 4) is 6.07 Å². The highest BCUT2D eigenvalue weighted by Crippen LogP contribution is 2.26. The van der Waals surface area contributed by atoms with Gasteiger partial charge in [-0.05, 0) is 66.2 Å². The van der Waals surface area contributed by atoms with E-state index in [0.717, 1.165) is 35.7 Å². The van der Waals surface area contributed by atoms with Gasteiger partial charge in [-0.1, -0.05) is 30.3 Å². The third-order valence-electron chi connectivity index (χ3n) is 8.08. The Balaban J connectivity index is 1.19. The molecule has 0 radical (unpaired) electrons. The molecule has 2 amide bonds. The van der Waals surface area contributed by atoms with Gasteiger partial charge in [0.15, 0.2) is 0 Å². The molecule has 0 unspecified atom stereocenters. The van der Waals surface area contributed by atoms with Crippen molar-refractivity contribution in [3.63, 3.8) is 0 Å². The van der Waals surface area contributed by atoms with Crippen LogP contribution >= 0.6 is 0 Å². The number of piperazine rings is 1. The van der Waals surface area contributed by atoms with Crippen LogP contribution in [0.15, 0.2) is 110 Å². The Morgan fingerprint density at radius 3 is 2.27 bits per heavy atom. The van der Waals surface area contributed by atoms with Crippen LogP contribution in [0.1, 0.15) is 37.7 Å². The number of nitriles is 1. The monoisotopic (exact) mass is 583 g/mol. The summed E-state index contributed by atoms with van der Waals surface area (Å²) in [6.07, 6.45) is 5.45. The van der Waals surface area contributed by atoms with E-state index < -0.39 is 0 Å². The fraction of sp³-hybridized carbons (Fsp3) is 0.200. The Kier molecular flexibility index (Phi) is 8.23. The molecule has 9 nitrogen and oxygen atoms in total. The number of nitrogens with zero attached hydrogens (tertiary/aromatic N) is 7. The Bertz CT molecular complexity index is 1780. The second-order valence-corrected chi connectivity index (χ2v) is 10.9. The molecule has 1 aliphatic heterocycles. The van der Waals surface area contributed by atoms with Crippen LogP contribution in [0.2, 0.25) is 0 Å². The molecule has 44 heavy (non-hydrogen) atoms. The van der Waals surface area contributed by atoms with Crippen molar-refractivity contribution in [2.75, 3.05) is 36.0 Å². The molecule has 0 bridgehead atoms. The molecule has 0 saturated carbocycles. The Hall–Kier alpha value is -5.62. The van der Waals surface area contributed by atoms with Crippen LogP contribution in [-0.2, 0) is 20.1 Å². The highest BCUT2D eigenvalue weighted by molar-refractivity contribution is 6.06. The van der Waals surface area contributed by atoms with Crippen LogP contribution in [0.3, 0.4) is 0 Å². The molecule has 220 valence electrons. The topological polar surface area (TPSA) is 90.4 Å². The van der Waals surface area contributed by atoms with Crippen molar-refractivity contribution in [2.24, 2.45) is 7.05 Å². The number of rotatable bonds is 8. The van der Waals surface area contributed by atoms with Crippen LogP contribution in [0, 0.1) is 11.3 Å². The molecule has 0 aliphatic carbocycles. The lowest BCUT2D eigenvalue weighted by atomic mass is 10.1. The maximum atomic E-state index is 13.8. The lowest BCUT2D eigenvalue weighted by molar-refractivity contribution is 0.0737. The molecule has 5 aromatic rings. The first-order chi connectivity index (χ1) is 21.5. The van der Waals surface area contributed by atoms with Crippen molar-refractivity contribution < 1.29 is 9.59 Å². The predicted octanol–water partition coefficient (Wildman–Crippen LogP) is 4.95. The summed E-state index contributed by atoms with van der Waals surface area (Å²) < 4.78 is 3.88. The van der Waals surface area contributed by atoms with E-state index in [4.69, 9.17) is 5.26 Å². The SMILES string of the molecule is Cn1cccc1C(=O)N1CCN(c2ccc(N(Cc3cncn3Cc3ccc(C#N)cc3)C(=O)c3ccccc3)cc2)CC1. The van der Waals surface area contributed by atoms with E-state index in [9.17, 15) is 9.59 Å². The third-order valence-corrected chi connectivity index (χ3v) is 8.08. The molecule has 0 atom stereocenters. The highest BCUT2D eigenvalue weighted by atomic mass is 16.2. The molecule has 6 rings (SSSR count). The molecule has 1 aliphatic rings. The number of hydrogen-bond donors (Lipinski definition) is 0. The van der Waals surface area contributed by atoms with Crippen molar-refractivity contribution in [1.29, 1.82) is 5.26 Å². The zero-order chi connectivity index (χ0) is 30.5. The summed E-state index contributed by atoms with van der Waals surface area (Å²) in [6, 6.07) is 30.7. The zero-order valence-electron chi connectivity index (χ0n) is 24.6. The van der Waals surface area contributed by atoms with Crippen molar-refractivity contribution >= 4 is 23.2 Å². The quantitative estimate of drug-likeness (QED) is 0.258. The largest absolute Gasteiger partial charge is 0.368 e. The molecule has 9 heteroatoms. The molecule has 0 spiro atoms. The summed E-state index contributed by atoms with van der Waals surface area (Å²) in [4.78, 5) is 37.1. The predicted molar refractivity (Wildman–Crippen MR) is 169 cm³/mol. The number of benzene rings is 3. The number of anilines is 2. The molecular formula is C35H33N7O2. The lowest BCUT2D eigenvalue weighted by Gasteiger charge is -2.36. The van der Waals surface area contributed by atoms with E-state index in [-0.39, 0.29) is 11.8 Å². The maximum Gasteiger partial charge on any atom is 0.270 e. The van der Waals surface area contributed by atoms with Crippen LogP contribution < -0.4 is 9.80 Å². The van der Waals surface area contributed by atoms with Gasteiger partial charge in [0, 0.05) is 69.1 Å². The molecule has 2 aromatic heterocycles. The number of carbonyl (C=O) groups excluding carboxylic acids is 2. The molecule has 3 aromatic carbocycles. The van der Waals surface area contributed by atoms with Gasteiger partial charge < -0.3 is 23.8 Å². The summed E-state index contributed by atoms with van der Waals surface area (Å²) in [5.41, 5.74) is 5.69. The normalized spacial score (nSPS) is 13.0. The second-order valence-electron chi connectivity index (χ2n) is 10.9. The minimum absolute atomic E-state index is 0.0565. The number of carbonyl (C=O) groups is 2. The Morgan fingerprint density at radius 1 is 0.886 bits per heavy atom. The number of aromatic nitrogens is 3. The first kappa shape index (κ1) is 28.5. The van der Waals surface area contributed by atoms with Gasteiger partial charge in [0.2, 0.25) is 0 Å². The number of aryl methyl sites for hydroxylation is 1. The zero-order valence-corrected chi connectivity index (χ0v) is 24.6. The number of hydrogen-bond acceptors (Lipinski definition) is 5. The average molecular weight is 584 g/mol. The van der Waals surface area contributed by atoms with Gasteiger partial charge in [0.05, 0.1) is 30.2 Å². The minimum Gasteiger partial charge on any atom is -0.368 e. The fourth-order valence-electron chi connectivity index (χ4n) is 5.54. The van der Waals surface area contributed by atoms with Gasteiger partial charge in [-0.2, -0.15) is 5.26 Å². The fourth-order valence-corrected chi connectivity index (χ4v) is 5.54. The summed E-state index contributed by atoms with van der Waals surface area (Å²) in [5.74, 6) is -0.0433. The first-order valence-electron chi connectivity index (χ1n) is 14.6. The summed E-state index contributed by atoms with van der Waals surface area (Å²) in [7, 11) is 1.89.